The molecule has 1 aliphatic rings. The van der Waals surface area contributed by atoms with Crippen molar-refractivity contribution in [2.24, 2.45) is 16.5 Å². The molecule has 0 unspecified atom stereocenters. The van der Waals surface area contributed by atoms with Gasteiger partial charge in [-0.15, -0.1) is 0 Å². The number of anilines is 2. The number of aromatic nitrogens is 2. The average molecular weight is 467 g/mol. The minimum Gasteiger partial charge on any atom is -0.382 e. The Morgan fingerprint density at radius 2 is 1.62 bits per heavy atom. The van der Waals surface area contributed by atoms with Crippen LogP contribution in [0, 0.1) is 6.92 Å². The first-order valence-electron chi connectivity index (χ1n) is 11.7. The van der Waals surface area contributed by atoms with Crippen molar-refractivity contribution in [3.05, 3.63) is 45.8 Å². The second-order valence-electron chi connectivity index (χ2n) is 8.62. The predicted molar refractivity (Wildman–Crippen MR) is 133 cm³/mol. The van der Waals surface area contributed by atoms with Crippen LogP contribution in [0.4, 0.5) is 11.6 Å². The first-order chi connectivity index (χ1) is 16.3. The molecule has 0 fully saturated rings. The summed E-state index contributed by atoms with van der Waals surface area (Å²) in [4.78, 5) is 35.7. The van der Waals surface area contributed by atoms with Crippen molar-refractivity contribution in [1.29, 1.82) is 0 Å². The molecule has 0 aliphatic heterocycles. The molecule has 10 nitrogen and oxygen atoms in total. The number of hydrogen-bond donors (Lipinski definition) is 5. The standard InChI is InChI=1S/C24H34N8O2/c1-14-21(26)31-22(27)20(30-14)23(34)32-24(28)29-13-5-4-6-15-9-10-16(11-12-19(25)33)18-8-3-2-7-17(15)18/h9-10H,2-8,11-13H2,1H3,(H2,25,33)(H4,26,27,31)(H3,28,29,32,34). The zero-order valence-corrected chi connectivity index (χ0v) is 19.7. The number of fused-ring (bicyclic) bond motifs is 1. The number of nitrogen functional groups attached to an aromatic ring is 2. The number of benzene rings is 1. The first-order valence-corrected chi connectivity index (χ1v) is 11.7. The number of hydrogen-bond acceptors (Lipinski definition) is 7. The normalized spacial score (nSPS) is 13.4. The molecule has 0 atom stereocenters. The van der Waals surface area contributed by atoms with Gasteiger partial charge in [-0.3, -0.25) is 19.9 Å². The Labute approximate surface area is 199 Å². The fourth-order valence-electron chi connectivity index (χ4n) is 4.30. The molecule has 10 heteroatoms. The van der Waals surface area contributed by atoms with Crippen LogP contribution in [0.3, 0.4) is 0 Å². The van der Waals surface area contributed by atoms with Gasteiger partial charge in [0, 0.05) is 13.0 Å². The number of unbranched alkanes of at least 4 members (excludes halogenated alkanes) is 1. The Balaban J connectivity index is 1.52. The molecule has 2 amide bonds. The largest absolute Gasteiger partial charge is 0.382 e. The van der Waals surface area contributed by atoms with Crippen molar-refractivity contribution >= 4 is 29.4 Å². The molecule has 2 aromatic rings. The van der Waals surface area contributed by atoms with E-state index in [9.17, 15) is 9.59 Å². The third kappa shape index (κ3) is 6.43. The molecule has 0 bridgehead atoms. The van der Waals surface area contributed by atoms with Gasteiger partial charge in [-0.25, -0.2) is 9.97 Å². The third-order valence-corrected chi connectivity index (χ3v) is 6.10. The summed E-state index contributed by atoms with van der Waals surface area (Å²) in [6, 6.07) is 4.35. The van der Waals surface area contributed by atoms with Gasteiger partial charge in [0.1, 0.15) is 5.82 Å². The van der Waals surface area contributed by atoms with Crippen LogP contribution in [0.15, 0.2) is 17.1 Å². The summed E-state index contributed by atoms with van der Waals surface area (Å²) >= 11 is 0. The summed E-state index contributed by atoms with van der Waals surface area (Å²) in [5.41, 5.74) is 28.4. The van der Waals surface area contributed by atoms with Crippen LogP contribution in [0.2, 0.25) is 0 Å². The molecule has 1 aliphatic carbocycles. The number of carbonyl (C=O) groups excluding carboxylic acids is 2. The summed E-state index contributed by atoms with van der Waals surface area (Å²) in [5, 5.41) is 2.49. The third-order valence-electron chi connectivity index (χ3n) is 6.10. The Bertz CT molecular complexity index is 1100. The predicted octanol–water partition coefficient (Wildman–Crippen LogP) is 1.31. The lowest BCUT2D eigenvalue weighted by Gasteiger charge is -2.23. The molecule has 1 aromatic carbocycles. The highest BCUT2D eigenvalue weighted by molar-refractivity contribution is 6.06. The molecular formula is C24H34N8O2. The Hall–Kier alpha value is -3.69. The van der Waals surface area contributed by atoms with E-state index in [1.807, 2.05) is 0 Å². The van der Waals surface area contributed by atoms with Crippen molar-refractivity contribution in [3.63, 3.8) is 0 Å². The maximum atomic E-state index is 12.3. The van der Waals surface area contributed by atoms with E-state index in [4.69, 9.17) is 22.9 Å². The molecule has 1 aromatic heterocycles. The number of aliphatic imine (C=N–C) groups is 1. The monoisotopic (exact) mass is 466 g/mol. The number of amides is 2. The van der Waals surface area contributed by atoms with Crippen LogP contribution in [0.1, 0.15) is 70.5 Å². The van der Waals surface area contributed by atoms with Crippen molar-refractivity contribution in [3.8, 4) is 0 Å². The fraction of sp³-hybridized carbons (Fsp3) is 0.458. The van der Waals surface area contributed by atoms with Crippen LogP contribution in [-0.4, -0.2) is 34.3 Å². The summed E-state index contributed by atoms with van der Waals surface area (Å²) in [6.07, 6.45) is 8.38. The van der Waals surface area contributed by atoms with E-state index in [-0.39, 0.29) is 29.2 Å². The quantitative estimate of drug-likeness (QED) is 0.209. The van der Waals surface area contributed by atoms with Crippen molar-refractivity contribution in [1.82, 2.24) is 15.3 Å². The van der Waals surface area contributed by atoms with Crippen LogP contribution < -0.4 is 28.3 Å². The van der Waals surface area contributed by atoms with Gasteiger partial charge in [-0.05, 0) is 80.5 Å². The number of nitrogens with one attached hydrogen (secondary N) is 1. The molecular weight excluding hydrogens is 432 g/mol. The summed E-state index contributed by atoms with van der Waals surface area (Å²) in [7, 11) is 0. The molecule has 0 spiro atoms. The van der Waals surface area contributed by atoms with Gasteiger partial charge in [0.15, 0.2) is 17.5 Å². The minimum atomic E-state index is -0.572. The fourth-order valence-corrected chi connectivity index (χ4v) is 4.30. The molecule has 0 saturated carbocycles. The number of guanidine groups is 1. The zero-order chi connectivity index (χ0) is 24.7. The summed E-state index contributed by atoms with van der Waals surface area (Å²) in [5.74, 6) is -0.700. The van der Waals surface area contributed by atoms with E-state index in [1.165, 1.54) is 35.1 Å². The Morgan fingerprint density at radius 3 is 2.26 bits per heavy atom. The lowest BCUT2D eigenvalue weighted by molar-refractivity contribution is -0.117. The van der Waals surface area contributed by atoms with Crippen LogP contribution in [0.5, 0.6) is 0 Å². The highest BCUT2D eigenvalue weighted by Gasteiger charge is 2.18. The molecule has 182 valence electrons. The minimum absolute atomic E-state index is 0.0110. The highest BCUT2D eigenvalue weighted by atomic mass is 16.2. The van der Waals surface area contributed by atoms with Gasteiger partial charge in [-0.1, -0.05) is 12.1 Å². The molecule has 0 radical (unpaired) electrons. The second kappa shape index (κ2) is 11.4. The van der Waals surface area contributed by atoms with Gasteiger partial charge >= 0.3 is 0 Å². The summed E-state index contributed by atoms with van der Waals surface area (Å²) < 4.78 is 0. The van der Waals surface area contributed by atoms with Crippen LogP contribution >= 0.6 is 0 Å². The SMILES string of the molecule is Cc1nc(C(=O)NC(N)=NCCCCc2ccc(CCC(N)=O)c3c2CCCC3)c(N)nc1N. The number of primary amides is 1. The average Bonchev–Trinajstić information content (AvgIpc) is 2.80. The lowest BCUT2D eigenvalue weighted by atomic mass is 9.83. The number of aryl methyl sites for hydroxylation is 3. The van der Waals surface area contributed by atoms with E-state index >= 15 is 0 Å². The number of nitrogens with two attached hydrogens (primary N) is 4. The van der Waals surface area contributed by atoms with Gasteiger partial charge in [0.2, 0.25) is 5.91 Å². The molecule has 1 heterocycles. The smallest absolute Gasteiger partial charge is 0.280 e. The van der Waals surface area contributed by atoms with Gasteiger partial charge in [0.25, 0.3) is 5.91 Å². The zero-order valence-electron chi connectivity index (χ0n) is 19.7. The Morgan fingerprint density at radius 1 is 0.971 bits per heavy atom. The second-order valence-corrected chi connectivity index (χ2v) is 8.62. The molecule has 3 rings (SSSR count). The number of nitrogens with zero attached hydrogens (tertiary/aromatic N) is 3. The van der Waals surface area contributed by atoms with E-state index in [0.717, 1.165) is 32.1 Å². The lowest BCUT2D eigenvalue weighted by Crippen LogP contribution is -2.38. The van der Waals surface area contributed by atoms with Crippen LogP contribution in [0.25, 0.3) is 0 Å². The van der Waals surface area contributed by atoms with Gasteiger partial charge in [0.05, 0.1) is 5.69 Å². The number of rotatable bonds is 9. The van der Waals surface area contributed by atoms with E-state index in [2.05, 4.69) is 32.4 Å². The van der Waals surface area contributed by atoms with E-state index in [1.54, 1.807) is 6.92 Å². The Kier molecular flexibility index (Phi) is 8.39. The topological polar surface area (TPSA) is 188 Å². The first kappa shape index (κ1) is 24.9. The van der Waals surface area contributed by atoms with E-state index < -0.39 is 5.91 Å². The van der Waals surface area contributed by atoms with Gasteiger partial charge < -0.3 is 22.9 Å². The number of carbonyl (C=O) groups is 2. The van der Waals surface area contributed by atoms with Crippen molar-refractivity contribution in [2.75, 3.05) is 18.0 Å². The molecule has 0 saturated heterocycles. The van der Waals surface area contributed by atoms with Gasteiger partial charge in [-0.2, -0.15) is 0 Å². The molecule has 9 N–H and O–H groups in total. The maximum Gasteiger partial charge on any atom is 0.280 e. The van der Waals surface area contributed by atoms with Crippen LogP contribution in [-0.2, 0) is 30.5 Å². The highest BCUT2D eigenvalue weighted by Crippen LogP contribution is 2.29. The molecule has 34 heavy (non-hydrogen) atoms. The van der Waals surface area contributed by atoms with Crippen molar-refractivity contribution < 1.29 is 9.59 Å². The summed E-state index contributed by atoms with van der Waals surface area (Å²) in [6.45, 7) is 2.13. The van der Waals surface area contributed by atoms with E-state index in [0.29, 0.717) is 25.1 Å². The van der Waals surface area contributed by atoms with Crippen molar-refractivity contribution in [2.45, 2.75) is 64.7 Å². The maximum absolute atomic E-state index is 12.3.